The van der Waals surface area contributed by atoms with Crippen molar-refractivity contribution in [3.63, 3.8) is 0 Å². The van der Waals surface area contributed by atoms with E-state index in [1.54, 1.807) is 30.5 Å². The van der Waals surface area contributed by atoms with Crippen LogP contribution in [0.4, 0.5) is 0 Å². The lowest BCUT2D eigenvalue weighted by Crippen LogP contribution is -2.59. The van der Waals surface area contributed by atoms with Gasteiger partial charge < -0.3 is 63.0 Å². The number of carbonyl (C=O) groups excluding carboxylic acids is 9. The molecule has 1 aliphatic heterocycles. The van der Waals surface area contributed by atoms with Crippen molar-refractivity contribution < 1.29 is 47.9 Å². The lowest BCUT2D eigenvalue weighted by molar-refractivity contribution is -0.146. The van der Waals surface area contributed by atoms with Crippen molar-refractivity contribution in [1.82, 2.24) is 51.8 Å². The minimum atomic E-state index is -1.32. The lowest BCUT2D eigenvalue weighted by Gasteiger charge is -2.27. The predicted molar refractivity (Wildman–Crippen MR) is 260 cm³/mol. The Balaban J connectivity index is 1.26. The van der Waals surface area contributed by atoms with Crippen LogP contribution in [0.15, 0.2) is 73.3 Å². The number of aromatic amines is 2. The van der Waals surface area contributed by atoms with Crippen molar-refractivity contribution in [1.29, 1.82) is 0 Å². The summed E-state index contributed by atoms with van der Waals surface area (Å²) >= 11 is 0. The molecule has 1 aliphatic rings. The topological polar surface area (TPSA) is 335 Å². The molecule has 382 valence electrons. The molecule has 8 amide bonds. The highest BCUT2D eigenvalue weighted by molar-refractivity contribution is 5.97. The predicted octanol–water partition coefficient (Wildman–Crippen LogP) is -0.328. The van der Waals surface area contributed by atoms with Crippen LogP contribution in [-0.4, -0.2) is 136 Å². The van der Waals surface area contributed by atoms with E-state index in [2.05, 4.69) is 46.9 Å². The molecule has 22 nitrogen and oxygen atoms in total. The molecule has 4 aromatic rings. The van der Waals surface area contributed by atoms with Gasteiger partial charge in [0.15, 0.2) is 0 Å². The van der Waals surface area contributed by atoms with Crippen LogP contribution >= 0.6 is 0 Å². The van der Waals surface area contributed by atoms with Crippen LogP contribution < -0.4 is 43.4 Å². The van der Waals surface area contributed by atoms with Crippen LogP contribution in [0.5, 0.6) is 0 Å². The second kappa shape index (κ2) is 26.4. The summed E-state index contributed by atoms with van der Waals surface area (Å²) in [6.45, 7) is 4.89. The standard InChI is InChI=1S/C49H66N12O10/c1-28(2)20-40(49(70)71-4)60-47(68)39(23-32-25-52-27-54-32)56-42(63)26-61-19-11-10-16-37(48(61)69)58-43(64)29(3)55-46(67)38(22-31-24-53-35-15-9-8-14-33(31)35)59-45(66)36(17-18-41(51)62)57-44(65)34(50)21-30-12-6-5-7-13-30/h5-9,12-15,24-25,27-29,34,36-40,53H,10-11,16-23,26,50H2,1-4H3,(H2,51,62)(H,52,54)(H,55,67)(H,56,63)(H,57,65)(H,58,64)(H,59,66)(H,60,68)/t29-,34+,36-,37-,38-,39-,40-/m0/s1. The first kappa shape index (κ1) is 54.3. The average Bonchev–Trinajstić information content (AvgIpc) is 3.98. The molecule has 3 heterocycles. The summed E-state index contributed by atoms with van der Waals surface area (Å²) in [4.78, 5) is 132. The second-order valence-electron chi connectivity index (χ2n) is 18.1. The van der Waals surface area contributed by atoms with E-state index < -0.39 is 102 Å². The molecule has 0 spiro atoms. The Kier molecular flexibility index (Phi) is 20.2. The zero-order chi connectivity index (χ0) is 51.6. The first-order valence-electron chi connectivity index (χ1n) is 23.7. The number of benzene rings is 2. The summed E-state index contributed by atoms with van der Waals surface area (Å²) in [7, 11) is 1.21. The summed E-state index contributed by atoms with van der Waals surface area (Å²) in [5.41, 5.74) is 14.4. The fraction of sp³-hybridized carbons (Fsp3) is 0.469. The number of likely N-dealkylation sites (tertiary alicyclic amines) is 1. The summed E-state index contributed by atoms with van der Waals surface area (Å²) < 4.78 is 4.89. The molecule has 0 unspecified atom stereocenters. The molecule has 5 rings (SSSR count). The third-order valence-electron chi connectivity index (χ3n) is 12.0. The highest BCUT2D eigenvalue weighted by atomic mass is 16.5. The molecule has 7 atom stereocenters. The smallest absolute Gasteiger partial charge is 0.328 e. The van der Waals surface area contributed by atoms with Crippen molar-refractivity contribution in [2.45, 2.75) is 121 Å². The van der Waals surface area contributed by atoms with Crippen LogP contribution in [0.25, 0.3) is 10.9 Å². The van der Waals surface area contributed by atoms with E-state index in [0.717, 1.165) is 16.5 Å². The Morgan fingerprint density at radius 1 is 0.775 bits per heavy atom. The monoisotopic (exact) mass is 983 g/mol. The van der Waals surface area contributed by atoms with Gasteiger partial charge in [-0.25, -0.2) is 9.78 Å². The third kappa shape index (κ3) is 16.5. The van der Waals surface area contributed by atoms with Crippen LogP contribution in [-0.2, 0) is 67.2 Å². The summed E-state index contributed by atoms with van der Waals surface area (Å²) in [5.74, 6) is -6.17. The second-order valence-corrected chi connectivity index (χ2v) is 18.1. The summed E-state index contributed by atoms with van der Waals surface area (Å²) in [6.07, 6.45) is 5.74. The first-order chi connectivity index (χ1) is 33.9. The number of H-pyrrole nitrogens is 2. The van der Waals surface area contributed by atoms with E-state index in [1.165, 1.54) is 31.5 Å². The molecule has 1 saturated heterocycles. The number of nitrogens with two attached hydrogens (primary N) is 2. The molecule has 1 fully saturated rings. The Bertz CT molecular complexity index is 2480. The molecule has 2 aromatic carbocycles. The van der Waals surface area contributed by atoms with Gasteiger partial charge in [-0.05, 0) is 68.6 Å². The van der Waals surface area contributed by atoms with Crippen LogP contribution in [0.1, 0.15) is 76.1 Å². The van der Waals surface area contributed by atoms with Gasteiger partial charge in [0.25, 0.3) is 0 Å². The molecule has 71 heavy (non-hydrogen) atoms. The van der Waals surface area contributed by atoms with E-state index in [-0.39, 0.29) is 57.4 Å². The lowest BCUT2D eigenvalue weighted by atomic mass is 10.0. The fourth-order valence-electron chi connectivity index (χ4n) is 8.21. The van der Waals surface area contributed by atoms with E-state index in [1.807, 2.05) is 44.2 Å². The van der Waals surface area contributed by atoms with E-state index in [9.17, 15) is 43.2 Å². The van der Waals surface area contributed by atoms with Crippen molar-refractivity contribution in [3.05, 3.63) is 90.1 Å². The maximum absolute atomic E-state index is 14.2. The number of ether oxygens (including phenoxy) is 1. The number of methoxy groups -OCH3 is 1. The Labute approximate surface area is 411 Å². The highest BCUT2D eigenvalue weighted by Gasteiger charge is 2.35. The zero-order valence-electron chi connectivity index (χ0n) is 40.5. The van der Waals surface area contributed by atoms with Crippen molar-refractivity contribution in [3.8, 4) is 0 Å². The molecule has 2 aromatic heterocycles. The number of nitrogens with zero attached hydrogens (tertiary/aromatic N) is 2. The SMILES string of the molecule is COC(=O)[C@H](CC(C)C)NC(=O)[C@H](Cc1cnc[nH]1)NC(=O)CN1CCCC[C@H](NC(=O)[C@H](C)NC(=O)[C@H](Cc2c[nH]c3ccccc23)NC(=O)[C@H](CCC(N)=O)NC(=O)[C@H](N)Cc2ccccc2)C1=O. The largest absolute Gasteiger partial charge is 0.467 e. The van der Waals surface area contributed by atoms with Crippen LogP contribution in [0, 0.1) is 5.92 Å². The number of nitrogens with one attached hydrogen (secondary N) is 8. The molecule has 0 aliphatic carbocycles. The number of amides is 8. The molecule has 22 heteroatoms. The number of esters is 1. The number of hydrogen-bond donors (Lipinski definition) is 10. The van der Waals surface area contributed by atoms with E-state index in [4.69, 9.17) is 16.2 Å². The third-order valence-corrected chi connectivity index (χ3v) is 12.0. The Morgan fingerprint density at radius 2 is 1.44 bits per heavy atom. The number of aromatic nitrogens is 3. The van der Waals surface area contributed by atoms with Gasteiger partial charge in [0.1, 0.15) is 36.3 Å². The van der Waals surface area contributed by atoms with Gasteiger partial charge in [-0.1, -0.05) is 62.4 Å². The normalized spacial score (nSPS) is 16.3. The minimum Gasteiger partial charge on any atom is -0.467 e. The fourth-order valence-corrected chi connectivity index (χ4v) is 8.21. The Morgan fingerprint density at radius 3 is 2.13 bits per heavy atom. The maximum atomic E-state index is 14.2. The van der Waals surface area contributed by atoms with E-state index in [0.29, 0.717) is 24.1 Å². The van der Waals surface area contributed by atoms with Gasteiger partial charge in [-0.3, -0.25) is 38.4 Å². The van der Waals surface area contributed by atoms with Gasteiger partial charge in [0.05, 0.1) is 26.0 Å². The maximum Gasteiger partial charge on any atom is 0.328 e. The van der Waals surface area contributed by atoms with Gasteiger partial charge in [-0.15, -0.1) is 0 Å². The molecule has 0 bridgehead atoms. The van der Waals surface area contributed by atoms with Crippen molar-refractivity contribution >= 4 is 64.1 Å². The number of imidazole rings is 1. The molecule has 12 N–H and O–H groups in total. The zero-order valence-corrected chi connectivity index (χ0v) is 40.5. The number of para-hydroxylation sites is 1. The van der Waals surface area contributed by atoms with Gasteiger partial charge in [0, 0.05) is 54.8 Å². The molecule has 0 radical (unpaired) electrons. The molecule has 0 saturated carbocycles. The number of primary amides is 1. The number of fused-ring (bicyclic) bond motifs is 1. The van der Waals surface area contributed by atoms with Gasteiger partial charge in [-0.2, -0.15) is 0 Å². The van der Waals surface area contributed by atoms with Crippen LogP contribution in [0.3, 0.4) is 0 Å². The van der Waals surface area contributed by atoms with Gasteiger partial charge >= 0.3 is 5.97 Å². The summed E-state index contributed by atoms with van der Waals surface area (Å²) in [5, 5.41) is 16.8. The summed E-state index contributed by atoms with van der Waals surface area (Å²) in [6, 6.07) is 8.17. The van der Waals surface area contributed by atoms with E-state index >= 15 is 0 Å². The number of rotatable bonds is 25. The van der Waals surface area contributed by atoms with Gasteiger partial charge in [0.2, 0.25) is 47.3 Å². The first-order valence-corrected chi connectivity index (χ1v) is 23.7. The molecular formula is C49H66N12O10. The highest BCUT2D eigenvalue weighted by Crippen LogP contribution is 2.20. The average molecular weight is 983 g/mol. The molecular weight excluding hydrogens is 917 g/mol. The van der Waals surface area contributed by atoms with Crippen molar-refractivity contribution in [2.75, 3.05) is 20.2 Å². The number of carbonyl (C=O) groups is 9. The Hall–Kier alpha value is -7.62. The van der Waals surface area contributed by atoms with Crippen LogP contribution in [0.2, 0.25) is 0 Å². The quantitative estimate of drug-likeness (QED) is 0.0382. The minimum absolute atomic E-state index is 0.00790. The van der Waals surface area contributed by atoms with Crippen molar-refractivity contribution in [2.24, 2.45) is 17.4 Å². The number of hydrogen-bond acceptors (Lipinski definition) is 12.